The number of carbonyl (C=O) groups is 1. The highest BCUT2D eigenvalue weighted by molar-refractivity contribution is 7.84. The Bertz CT molecular complexity index is 358. The van der Waals surface area contributed by atoms with E-state index in [0.29, 0.717) is 11.8 Å². The number of amides is 1. The van der Waals surface area contributed by atoms with Gasteiger partial charge in [-0.1, -0.05) is 0 Å². The molecule has 116 valence electrons. The third-order valence-electron chi connectivity index (χ3n) is 4.25. The van der Waals surface area contributed by atoms with Crippen molar-refractivity contribution in [2.75, 3.05) is 31.6 Å². The molecule has 0 aliphatic carbocycles. The SMILES string of the molecule is CC(CS(C)=O)NC(=O)C1CCCN1C1CCNCC1. The number of hydrogen-bond donors (Lipinski definition) is 2. The van der Waals surface area contributed by atoms with Crippen molar-refractivity contribution in [3.8, 4) is 0 Å². The van der Waals surface area contributed by atoms with Crippen molar-refractivity contribution in [1.29, 1.82) is 0 Å². The lowest BCUT2D eigenvalue weighted by atomic mass is 10.0. The van der Waals surface area contributed by atoms with Crippen molar-refractivity contribution in [2.24, 2.45) is 0 Å². The molecule has 2 saturated heterocycles. The molecular weight excluding hydrogens is 274 g/mol. The lowest BCUT2D eigenvalue weighted by Gasteiger charge is -2.35. The van der Waals surface area contributed by atoms with Crippen LogP contribution in [0.25, 0.3) is 0 Å². The molecule has 0 aromatic carbocycles. The van der Waals surface area contributed by atoms with E-state index in [1.807, 2.05) is 6.92 Å². The topological polar surface area (TPSA) is 61.4 Å². The molecule has 3 unspecified atom stereocenters. The number of likely N-dealkylation sites (tertiary alicyclic amines) is 1. The molecular formula is C14H27N3O2S. The van der Waals surface area contributed by atoms with Crippen LogP contribution in [0.5, 0.6) is 0 Å². The second kappa shape index (κ2) is 7.52. The average Bonchev–Trinajstić information content (AvgIpc) is 2.87. The van der Waals surface area contributed by atoms with Gasteiger partial charge in [-0.2, -0.15) is 0 Å². The fourth-order valence-electron chi connectivity index (χ4n) is 3.38. The van der Waals surface area contributed by atoms with Crippen molar-refractivity contribution in [2.45, 2.75) is 50.7 Å². The number of rotatable bonds is 5. The van der Waals surface area contributed by atoms with E-state index in [1.54, 1.807) is 6.26 Å². The predicted molar refractivity (Wildman–Crippen MR) is 82.2 cm³/mol. The Morgan fingerprint density at radius 3 is 2.75 bits per heavy atom. The van der Waals surface area contributed by atoms with Crippen LogP contribution < -0.4 is 10.6 Å². The second-order valence-corrected chi connectivity index (χ2v) is 7.51. The molecule has 0 aromatic heterocycles. The lowest BCUT2D eigenvalue weighted by Crippen LogP contribution is -2.52. The van der Waals surface area contributed by atoms with Gasteiger partial charge < -0.3 is 10.6 Å². The summed E-state index contributed by atoms with van der Waals surface area (Å²) in [5, 5.41) is 6.41. The quantitative estimate of drug-likeness (QED) is 0.755. The van der Waals surface area contributed by atoms with Gasteiger partial charge in [0.15, 0.2) is 0 Å². The molecule has 0 aromatic rings. The summed E-state index contributed by atoms with van der Waals surface area (Å²) in [5.74, 6) is 0.658. The van der Waals surface area contributed by atoms with Crippen LogP contribution in [0.2, 0.25) is 0 Å². The van der Waals surface area contributed by atoms with E-state index in [4.69, 9.17) is 0 Å². The number of carbonyl (C=O) groups excluding carboxylic acids is 1. The van der Waals surface area contributed by atoms with Gasteiger partial charge >= 0.3 is 0 Å². The molecule has 2 heterocycles. The minimum atomic E-state index is -0.863. The smallest absolute Gasteiger partial charge is 0.237 e. The van der Waals surface area contributed by atoms with Crippen molar-refractivity contribution >= 4 is 16.7 Å². The first-order valence-corrected chi connectivity index (χ1v) is 9.37. The molecule has 3 atom stereocenters. The third-order valence-corrected chi connectivity index (χ3v) is 5.22. The zero-order chi connectivity index (χ0) is 14.5. The van der Waals surface area contributed by atoms with E-state index in [1.165, 1.54) is 0 Å². The first-order chi connectivity index (χ1) is 9.58. The van der Waals surface area contributed by atoms with Crippen LogP contribution in [0.3, 0.4) is 0 Å². The summed E-state index contributed by atoms with van der Waals surface area (Å²) in [6, 6.07) is 0.555. The molecule has 0 bridgehead atoms. The molecule has 0 saturated carbocycles. The maximum absolute atomic E-state index is 12.4. The summed E-state index contributed by atoms with van der Waals surface area (Å²) in [4.78, 5) is 14.8. The standard InChI is InChI=1S/C14H27N3O2S/c1-11(10-20(2)19)16-14(18)13-4-3-9-17(13)12-5-7-15-8-6-12/h11-13,15H,3-10H2,1-2H3,(H,16,18). The first-order valence-electron chi connectivity index (χ1n) is 7.65. The molecule has 0 radical (unpaired) electrons. The second-order valence-electron chi connectivity index (χ2n) is 6.03. The fourth-order valence-corrected chi connectivity index (χ4v) is 4.17. The summed E-state index contributed by atoms with van der Waals surface area (Å²) in [5.41, 5.74) is 0. The first kappa shape index (κ1) is 15.9. The molecule has 2 fully saturated rings. The Hall–Kier alpha value is -0.460. The van der Waals surface area contributed by atoms with Crippen LogP contribution in [0.15, 0.2) is 0 Å². The Morgan fingerprint density at radius 2 is 2.10 bits per heavy atom. The molecule has 2 rings (SSSR count). The Balaban J connectivity index is 1.88. The third kappa shape index (κ3) is 4.27. The van der Waals surface area contributed by atoms with Crippen LogP contribution in [-0.4, -0.2) is 64.8 Å². The van der Waals surface area contributed by atoms with Crippen LogP contribution in [0.1, 0.15) is 32.6 Å². The fraction of sp³-hybridized carbons (Fsp3) is 0.929. The van der Waals surface area contributed by atoms with Crippen LogP contribution in [0, 0.1) is 0 Å². The molecule has 2 aliphatic rings. The van der Waals surface area contributed by atoms with Gasteiger partial charge in [-0.15, -0.1) is 0 Å². The maximum atomic E-state index is 12.4. The molecule has 2 N–H and O–H groups in total. The van der Waals surface area contributed by atoms with Gasteiger partial charge in [0.05, 0.1) is 6.04 Å². The van der Waals surface area contributed by atoms with Gasteiger partial charge in [0.25, 0.3) is 0 Å². The van der Waals surface area contributed by atoms with Crippen LogP contribution in [-0.2, 0) is 15.6 Å². The molecule has 0 spiro atoms. The minimum Gasteiger partial charge on any atom is -0.351 e. The summed E-state index contributed by atoms with van der Waals surface area (Å²) in [7, 11) is -0.863. The molecule has 20 heavy (non-hydrogen) atoms. The highest BCUT2D eigenvalue weighted by Gasteiger charge is 2.35. The monoisotopic (exact) mass is 301 g/mol. The van der Waals surface area contributed by atoms with Gasteiger partial charge in [-0.25, -0.2) is 0 Å². The number of nitrogens with zero attached hydrogens (tertiary/aromatic N) is 1. The Kier molecular flexibility index (Phi) is 5.99. The van der Waals surface area contributed by atoms with Crippen molar-refractivity contribution in [3.63, 3.8) is 0 Å². The average molecular weight is 301 g/mol. The summed E-state index contributed by atoms with van der Waals surface area (Å²) >= 11 is 0. The molecule has 6 heteroatoms. The van der Waals surface area contributed by atoms with Gasteiger partial charge in [0.2, 0.25) is 5.91 Å². The highest BCUT2D eigenvalue weighted by atomic mass is 32.2. The maximum Gasteiger partial charge on any atom is 0.237 e. The normalized spacial score (nSPS) is 28.2. The summed E-state index contributed by atoms with van der Waals surface area (Å²) in [6.45, 7) is 5.08. The van der Waals surface area contributed by atoms with E-state index in [2.05, 4.69) is 15.5 Å². The zero-order valence-corrected chi connectivity index (χ0v) is 13.4. The zero-order valence-electron chi connectivity index (χ0n) is 12.6. The predicted octanol–water partition coefficient (Wildman–Crippen LogP) is 0.0860. The van der Waals surface area contributed by atoms with E-state index < -0.39 is 10.8 Å². The Morgan fingerprint density at radius 1 is 1.40 bits per heavy atom. The molecule has 1 amide bonds. The van der Waals surface area contributed by atoms with Crippen molar-refractivity contribution in [1.82, 2.24) is 15.5 Å². The molecule has 2 aliphatic heterocycles. The van der Waals surface area contributed by atoms with Gasteiger partial charge in [-0.3, -0.25) is 13.9 Å². The van der Waals surface area contributed by atoms with E-state index in [9.17, 15) is 9.00 Å². The van der Waals surface area contributed by atoms with Gasteiger partial charge in [0, 0.05) is 34.9 Å². The van der Waals surface area contributed by atoms with Crippen LogP contribution >= 0.6 is 0 Å². The Labute approximate surface area is 124 Å². The summed E-state index contributed by atoms with van der Waals surface area (Å²) < 4.78 is 11.2. The van der Waals surface area contributed by atoms with Crippen LogP contribution in [0.4, 0.5) is 0 Å². The lowest BCUT2D eigenvalue weighted by molar-refractivity contribution is -0.126. The van der Waals surface area contributed by atoms with E-state index in [-0.39, 0.29) is 18.0 Å². The van der Waals surface area contributed by atoms with Crippen molar-refractivity contribution in [3.05, 3.63) is 0 Å². The largest absolute Gasteiger partial charge is 0.351 e. The van der Waals surface area contributed by atoms with Crippen molar-refractivity contribution < 1.29 is 9.00 Å². The summed E-state index contributed by atoms with van der Waals surface area (Å²) in [6.07, 6.45) is 6.02. The number of hydrogen-bond acceptors (Lipinski definition) is 4. The highest BCUT2D eigenvalue weighted by Crippen LogP contribution is 2.24. The van der Waals surface area contributed by atoms with Gasteiger partial charge in [-0.05, 0) is 52.2 Å². The van der Waals surface area contributed by atoms with Gasteiger partial charge in [0.1, 0.15) is 0 Å². The minimum absolute atomic E-state index is 0.0104. The molecule has 5 nitrogen and oxygen atoms in total. The number of piperidine rings is 1. The van der Waals surface area contributed by atoms with E-state index >= 15 is 0 Å². The van der Waals surface area contributed by atoms with E-state index in [0.717, 1.165) is 45.3 Å². The number of nitrogens with one attached hydrogen (secondary N) is 2.